The van der Waals surface area contributed by atoms with Crippen LogP contribution in [0.4, 0.5) is 5.82 Å². The Labute approximate surface area is 209 Å². The molecule has 3 heterocycles. The molecule has 2 aliphatic rings. The first kappa shape index (κ1) is 21.1. The van der Waals surface area contributed by atoms with E-state index in [1.807, 2.05) is 40.9 Å². The molecular formula is C29H26N6O. The van der Waals surface area contributed by atoms with Crippen LogP contribution in [0.2, 0.25) is 0 Å². The second-order valence-electron chi connectivity index (χ2n) is 9.49. The molecule has 0 unspecified atom stereocenters. The maximum absolute atomic E-state index is 13.1. The first-order valence-corrected chi connectivity index (χ1v) is 12.4. The highest BCUT2D eigenvalue weighted by Crippen LogP contribution is 2.42. The molecule has 0 spiro atoms. The molecule has 7 nitrogen and oxygen atoms in total. The van der Waals surface area contributed by atoms with Crippen LogP contribution in [0.5, 0.6) is 0 Å². The number of nitrogens with zero attached hydrogens (tertiary/aromatic N) is 5. The summed E-state index contributed by atoms with van der Waals surface area (Å²) < 4.78 is 2.03. The van der Waals surface area contributed by atoms with Gasteiger partial charge in [-0.1, -0.05) is 60.7 Å². The highest BCUT2D eigenvalue weighted by Gasteiger charge is 2.30. The molecule has 0 saturated carbocycles. The summed E-state index contributed by atoms with van der Waals surface area (Å²) in [6, 6.07) is 26.7. The average Bonchev–Trinajstić information content (AvgIpc) is 3.45. The van der Waals surface area contributed by atoms with E-state index in [4.69, 9.17) is 4.98 Å². The van der Waals surface area contributed by atoms with Gasteiger partial charge in [0.15, 0.2) is 0 Å². The summed E-state index contributed by atoms with van der Waals surface area (Å²) in [4.78, 5) is 27.1. The van der Waals surface area contributed by atoms with Crippen molar-refractivity contribution in [1.82, 2.24) is 24.6 Å². The Bertz CT molecular complexity index is 1550. The summed E-state index contributed by atoms with van der Waals surface area (Å²) in [5.41, 5.74) is 6.78. The van der Waals surface area contributed by atoms with E-state index in [9.17, 15) is 4.79 Å². The minimum Gasteiger partial charge on any atom is -0.354 e. The number of anilines is 1. The van der Waals surface area contributed by atoms with Crippen LogP contribution in [-0.2, 0) is 4.79 Å². The average molecular weight is 475 g/mol. The molecule has 5 aromatic rings. The number of para-hydroxylation sites is 2. The van der Waals surface area contributed by atoms with E-state index in [1.165, 1.54) is 22.3 Å². The zero-order valence-corrected chi connectivity index (χ0v) is 19.8. The van der Waals surface area contributed by atoms with E-state index in [0.717, 1.165) is 43.0 Å². The van der Waals surface area contributed by atoms with Gasteiger partial charge in [0, 0.05) is 32.4 Å². The van der Waals surface area contributed by atoms with Crippen LogP contribution in [0.25, 0.3) is 27.9 Å². The molecule has 3 aromatic carbocycles. The molecule has 2 aromatic heterocycles. The van der Waals surface area contributed by atoms with Crippen LogP contribution in [-0.4, -0.2) is 57.9 Å². The number of carbonyl (C=O) groups is 1. The predicted octanol–water partition coefficient (Wildman–Crippen LogP) is 3.89. The fraction of sp³-hybridized carbons (Fsp3) is 0.207. The normalized spacial score (nSPS) is 15.8. The van der Waals surface area contributed by atoms with E-state index in [2.05, 4.69) is 68.6 Å². The van der Waals surface area contributed by atoms with Crippen LogP contribution >= 0.6 is 0 Å². The summed E-state index contributed by atoms with van der Waals surface area (Å²) >= 11 is 0. The van der Waals surface area contributed by atoms with Crippen molar-refractivity contribution in [3.63, 3.8) is 0 Å². The van der Waals surface area contributed by atoms with Gasteiger partial charge < -0.3 is 10.2 Å². The lowest BCUT2D eigenvalue weighted by molar-refractivity contribution is -0.122. The fourth-order valence-corrected chi connectivity index (χ4v) is 5.57. The topological polar surface area (TPSA) is 65.8 Å². The second kappa shape index (κ2) is 8.46. The molecule has 1 amide bonds. The molecule has 0 bridgehead atoms. The van der Waals surface area contributed by atoms with Crippen molar-refractivity contribution in [3.8, 4) is 11.1 Å². The van der Waals surface area contributed by atoms with Gasteiger partial charge in [0.25, 0.3) is 0 Å². The molecule has 1 N–H and O–H groups in total. The number of amides is 1. The lowest BCUT2D eigenvalue weighted by atomic mass is 10.1. The molecule has 1 aliphatic carbocycles. The van der Waals surface area contributed by atoms with Gasteiger partial charge in [-0.15, -0.1) is 0 Å². The number of rotatable bonds is 4. The Balaban J connectivity index is 1.01. The Morgan fingerprint density at radius 2 is 1.47 bits per heavy atom. The second-order valence-corrected chi connectivity index (χ2v) is 9.49. The van der Waals surface area contributed by atoms with E-state index < -0.39 is 0 Å². The molecule has 1 saturated heterocycles. The van der Waals surface area contributed by atoms with Gasteiger partial charge in [-0.25, -0.2) is 4.98 Å². The lowest BCUT2D eigenvalue weighted by Crippen LogP contribution is -2.50. The summed E-state index contributed by atoms with van der Waals surface area (Å²) in [7, 11) is 0. The molecule has 1 aliphatic heterocycles. The zero-order chi connectivity index (χ0) is 24.1. The third-order valence-corrected chi connectivity index (χ3v) is 7.37. The van der Waals surface area contributed by atoms with Crippen LogP contribution in [0.3, 0.4) is 0 Å². The molecular weight excluding hydrogens is 448 g/mol. The third-order valence-electron chi connectivity index (χ3n) is 7.37. The smallest absolute Gasteiger partial charge is 0.236 e. The predicted molar refractivity (Wildman–Crippen MR) is 141 cm³/mol. The summed E-state index contributed by atoms with van der Waals surface area (Å²) in [6.07, 6.45) is 2.05. The minimum atomic E-state index is -0.0906. The first-order chi connectivity index (χ1) is 17.7. The summed E-state index contributed by atoms with van der Waals surface area (Å²) in [5.74, 6) is 1.71. The number of carbonyl (C=O) groups excluding carboxylic acids is 1. The van der Waals surface area contributed by atoms with Gasteiger partial charge in [-0.05, 0) is 40.5 Å². The number of piperazine rings is 1. The molecule has 7 rings (SSSR count). The van der Waals surface area contributed by atoms with Crippen molar-refractivity contribution in [3.05, 3.63) is 96.2 Å². The Hall–Kier alpha value is -4.23. The van der Waals surface area contributed by atoms with Crippen molar-refractivity contribution in [2.45, 2.75) is 6.04 Å². The van der Waals surface area contributed by atoms with Crippen molar-refractivity contribution >= 4 is 28.5 Å². The molecule has 7 heteroatoms. The molecule has 0 atom stereocenters. The van der Waals surface area contributed by atoms with Crippen LogP contribution in [0.1, 0.15) is 17.2 Å². The number of hydrogen-bond acceptors (Lipinski definition) is 5. The standard InChI is InChI=1S/C29H26N6O/c36-27(32-28-22-9-3-1-7-20(22)21-8-2-4-10-23(21)28)19-33-15-17-34(18-16-33)26-13-14-35-25-12-6-5-11-24(25)30-29(35)31-26/h1-14,28H,15-19H2,(H,32,36). The SMILES string of the molecule is O=C(CN1CCN(c2ccn3c(n2)nc2ccccc23)CC1)NC1c2ccccc2-c2ccccc21. The zero-order valence-electron chi connectivity index (χ0n) is 19.8. The van der Waals surface area contributed by atoms with Gasteiger partial charge >= 0.3 is 0 Å². The van der Waals surface area contributed by atoms with Gasteiger partial charge in [0.1, 0.15) is 5.82 Å². The highest BCUT2D eigenvalue weighted by molar-refractivity contribution is 5.84. The largest absolute Gasteiger partial charge is 0.354 e. The number of benzene rings is 3. The number of nitrogens with one attached hydrogen (secondary N) is 1. The van der Waals surface area contributed by atoms with Gasteiger partial charge in [-0.3, -0.25) is 14.1 Å². The first-order valence-electron chi connectivity index (χ1n) is 12.4. The monoisotopic (exact) mass is 474 g/mol. The Morgan fingerprint density at radius 3 is 2.22 bits per heavy atom. The number of imidazole rings is 1. The van der Waals surface area contributed by atoms with Gasteiger partial charge in [-0.2, -0.15) is 4.98 Å². The molecule has 36 heavy (non-hydrogen) atoms. The van der Waals surface area contributed by atoms with E-state index in [0.29, 0.717) is 12.3 Å². The van der Waals surface area contributed by atoms with Crippen molar-refractivity contribution in [2.75, 3.05) is 37.6 Å². The highest BCUT2D eigenvalue weighted by atomic mass is 16.2. The van der Waals surface area contributed by atoms with Crippen LogP contribution in [0.15, 0.2) is 85.1 Å². The van der Waals surface area contributed by atoms with Gasteiger partial charge in [0.2, 0.25) is 11.7 Å². The van der Waals surface area contributed by atoms with Crippen molar-refractivity contribution in [2.24, 2.45) is 0 Å². The fourth-order valence-electron chi connectivity index (χ4n) is 5.57. The lowest BCUT2D eigenvalue weighted by Gasteiger charge is -2.35. The number of aromatic nitrogens is 3. The summed E-state index contributed by atoms with van der Waals surface area (Å²) in [5, 5.41) is 3.30. The van der Waals surface area contributed by atoms with Crippen molar-refractivity contribution < 1.29 is 4.79 Å². The quantitative estimate of drug-likeness (QED) is 0.428. The maximum Gasteiger partial charge on any atom is 0.236 e. The van der Waals surface area contributed by atoms with Crippen LogP contribution in [0, 0.1) is 0 Å². The summed E-state index contributed by atoms with van der Waals surface area (Å²) in [6.45, 7) is 3.67. The molecule has 0 radical (unpaired) electrons. The molecule has 1 fully saturated rings. The molecule has 178 valence electrons. The number of fused-ring (bicyclic) bond motifs is 6. The van der Waals surface area contributed by atoms with Gasteiger partial charge in [0.05, 0.1) is 23.6 Å². The minimum absolute atomic E-state index is 0.0589. The van der Waals surface area contributed by atoms with E-state index in [1.54, 1.807) is 0 Å². The van der Waals surface area contributed by atoms with E-state index in [-0.39, 0.29) is 11.9 Å². The van der Waals surface area contributed by atoms with Crippen LogP contribution < -0.4 is 10.2 Å². The number of hydrogen-bond donors (Lipinski definition) is 1. The Kier molecular flexibility index (Phi) is 4.96. The third kappa shape index (κ3) is 3.51. The van der Waals surface area contributed by atoms with Crippen molar-refractivity contribution in [1.29, 1.82) is 0 Å². The van der Waals surface area contributed by atoms with E-state index >= 15 is 0 Å². The maximum atomic E-state index is 13.1. The Morgan fingerprint density at radius 1 is 0.806 bits per heavy atom.